The Hall–Kier alpha value is -0.320. The van der Waals surface area contributed by atoms with Crippen molar-refractivity contribution < 1.29 is 49.0 Å². The summed E-state index contributed by atoms with van der Waals surface area (Å²) in [7, 11) is 0. The predicted octanol–water partition coefficient (Wildman–Crippen LogP) is 3.91. The summed E-state index contributed by atoms with van der Waals surface area (Å²) in [6.45, 7) is 2.68. The Balaban J connectivity index is 0.0000102. The molecule has 0 N–H and O–H groups in total. The molecule has 0 saturated heterocycles. The van der Waals surface area contributed by atoms with Gasteiger partial charge < -0.3 is 14.6 Å². The second kappa shape index (κ2) is 23.4. The maximum absolute atomic E-state index is 12.2. The van der Waals surface area contributed by atoms with Crippen LogP contribution in [0.4, 0.5) is 0 Å². The second-order valence-electron chi connectivity index (χ2n) is 9.63. The predicted molar refractivity (Wildman–Crippen MR) is 130 cm³/mol. The van der Waals surface area contributed by atoms with Gasteiger partial charge in [-0.05, 0) is 44.9 Å². The number of hydrogen-bond donors (Lipinski definition) is 0. The molecule has 0 spiro atoms. The zero-order valence-corrected chi connectivity index (χ0v) is 23.8. The van der Waals surface area contributed by atoms with Crippen LogP contribution in [0, 0.1) is 11.8 Å². The van der Waals surface area contributed by atoms with E-state index in [0.717, 1.165) is 25.7 Å². The van der Waals surface area contributed by atoms with Crippen LogP contribution in [0.3, 0.4) is 0 Å². The topological polar surface area (TPSA) is 66.4 Å². The van der Waals surface area contributed by atoms with E-state index < -0.39 is 17.8 Å². The number of carbonyl (C=O) groups is 2. The molecule has 1 rings (SSSR count). The molecule has 186 valence electrons. The second-order valence-corrected chi connectivity index (χ2v) is 9.63. The van der Waals surface area contributed by atoms with E-state index in [2.05, 4.69) is 19.1 Å². The van der Waals surface area contributed by atoms with Gasteiger partial charge in [-0.15, -0.1) is 0 Å². The first-order valence-electron chi connectivity index (χ1n) is 13.7. The molecule has 1 saturated carbocycles. The first kappa shape index (κ1) is 32.7. The number of aliphatic carboxylic acids is 1. The molecule has 0 aromatic rings. The fraction of sp³-hybridized carbons (Fsp3) is 0.857. The van der Waals surface area contributed by atoms with Crippen LogP contribution in [0.2, 0.25) is 0 Å². The van der Waals surface area contributed by atoms with Gasteiger partial charge in [0.05, 0.1) is 12.5 Å². The monoisotopic (exact) mass is 472 g/mol. The largest absolute Gasteiger partial charge is 1.00 e. The van der Waals surface area contributed by atoms with E-state index in [1.807, 2.05) is 0 Å². The number of rotatable bonds is 20. The fourth-order valence-electron chi connectivity index (χ4n) is 4.68. The zero-order valence-electron chi connectivity index (χ0n) is 21.8. The van der Waals surface area contributed by atoms with Gasteiger partial charge in [-0.1, -0.05) is 103 Å². The van der Waals surface area contributed by atoms with Crippen LogP contribution in [0.25, 0.3) is 0 Å². The van der Waals surface area contributed by atoms with Crippen molar-refractivity contribution in [1.82, 2.24) is 0 Å². The van der Waals surface area contributed by atoms with Crippen LogP contribution in [0.5, 0.6) is 0 Å². The SMILES string of the molecule is CCCCCCCC/C=C/CCCCCCCCCCOC(=O)C1CCCCC1C(=O)[O-].[Na+]. The summed E-state index contributed by atoms with van der Waals surface area (Å²) in [6.07, 6.45) is 28.0. The Labute approximate surface area is 226 Å². The van der Waals surface area contributed by atoms with Crippen LogP contribution in [-0.2, 0) is 14.3 Å². The molecule has 2 atom stereocenters. The maximum Gasteiger partial charge on any atom is 1.00 e. The number of allylic oxidation sites excluding steroid dienone is 2. The number of esters is 1. The van der Waals surface area contributed by atoms with E-state index in [1.165, 1.54) is 89.9 Å². The molecule has 1 aliphatic carbocycles. The zero-order chi connectivity index (χ0) is 23.3. The molecule has 1 aliphatic rings. The Kier molecular flexibility index (Phi) is 23.2. The molecule has 0 radical (unpaired) electrons. The third kappa shape index (κ3) is 17.7. The van der Waals surface area contributed by atoms with Crippen molar-refractivity contribution in [3.05, 3.63) is 12.2 Å². The standard InChI is InChI=1S/C28H50O4.Na/c1-2-3-4-5-6-7-8-9-10-11-12-13-14-15-16-17-18-21-24-32-28(31)26-23-20-19-22-25(26)27(29)30;/h9-10,25-26H,2-8,11-24H2,1H3,(H,29,30);/q;+1/p-1/b10-9+;. The molecule has 0 aliphatic heterocycles. The van der Waals surface area contributed by atoms with Crippen molar-refractivity contribution in [2.45, 2.75) is 135 Å². The van der Waals surface area contributed by atoms with Gasteiger partial charge in [0.25, 0.3) is 0 Å². The van der Waals surface area contributed by atoms with Gasteiger partial charge in [-0.3, -0.25) is 4.79 Å². The Bertz CT molecular complexity index is 506. The number of carboxylic acid groups (broad SMARTS) is 1. The van der Waals surface area contributed by atoms with Crippen LogP contribution in [0.15, 0.2) is 12.2 Å². The number of hydrogen-bond acceptors (Lipinski definition) is 4. The van der Waals surface area contributed by atoms with Gasteiger partial charge in [0.2, 0.25) is 0 Å². The molecule has 0 aromatic carbocycles. The summed E-state index contributed by atoms with van der Waals surface area (Å²) in [5.74, 6) is -2.60. The van der Waals surface area contributed by atoms with Gasteiger partial charge in [-0.2, -0.15) is 0 Å². The van der Waals surface area contributed by atoms with Gasteiger partial charge >= 0.3 is 35.5 Å². The van der Waals surface area contributed by atoms with Crippen molar-refractivity contribution in [2.24, 2.45) is 11.8 Å². The molecule has 33 heavy (non-hydrogen) atoms. The molecule has 1 fully saturated rings. The summed E-state index contributed by atoms with van der Waals surface area (Å²) in [5, 5.41) is 11.2. The smallest absolute Gasteiger partial charge is 0.550 e. The molecule has 4 nitrogen and oxygen atoms in total. The van der Waals surface area contributed by atoms with E-state index in [9.17, 15) is 14.7 Å². The van der Waals surface area contributed by atoms with Crippen molar-refractivity contribution in [2.75, 3.05) is 6.61 Å². The van der Waals surface area contributed by atoms with Crippen molar-refractivity contribution in [1.29, 1.82) is 0 Å². The van der Waals surface area contributed by atoms with Gasteiger partial charge in [-0.25, -0.2) is 0 Å². The van der Waals surface area contributed by atoms with Gasteiger partial charge in [0.15, 0.2) is 0 Å². The molecule has 5 heteroatoms. The summed E-state index contributed by atoms with van der Waals surface area (Å²) >= 11 is 0. The Morgan fingerprint density at radius 1 is 0.727 bits per heavy atom. The maximum atomic E-state index is 12.2. The molecule has 0 aromatic heterocycles. The number of ether oxygens (including phenoxy) is 1. The first-order valence-corrected chi connectivity index (χ1v) is 13.7. The molecule has 0 heterocycles. The molecule has 0 bridgehead atoms. The minimum absolute atomic E-state index is 0. The quantitative estimate of drug-likeness (QED) is 0.117. The average Bonchev–Trinajstić information content (AvgIpc) is 2.80. The van der Waals surface area contributed by atoms with Gasteiger partial charge in [0.1, 0.15) is 0 Å². The molecule has 2 unspecified atom stereocenters. The van der Waals surface area contributed by atoms with Crippen LogP contribution < -0.4 is 34.7 Å². The van der Waals surface area contributed by atoms with Crippen LogP contribution in [0.1, 0.15) is 135 Å². The third-order valence-electron chi connectivity index (χ3n) is 6.77. The Morgan fingerprint density at radius 3 is 1.70 bits per heavy atom. The fourth-order valence-corrected chi connectivity index (χ4v) is 4.68. The summed E-state index contributed by atoms with van der Waals surface area (Å²) in [4.78, 5) is 23.4. The van der Waals surface area contributed by atoms with Crippen molar-refractivity contribution >= 4 is 11.9 Å². The summed E-state index contributed by atoms with van der Waals surface area (Å²) in [5.41, 5.74) is 0. The van der Waals surface area contributed by atoms with Gasteiger partial charge in [0, 0.05) is 11.9 Å². The van der Waals surface area contributed by atoms with Crippen molar-refractivity contribution in [3.63, 3.8) is 0 Å². The first-order chi connectivity index (χ1) is 15.7. The normalized spacial score (nSPS) is 18.2. The summed E-state index contributed by atoms with van der Waals surface area (Å²) < 4.78 is 5.35. The number of unbranched alkanes of at least 4 members (excludes halogenated alkanes) is 14. The van der Waals surface area contributed by atoms with E-state index in [-0.39, 0.29) is 35.5 Å². The summed E-state index contributed by atoms with van der Waals surface area (Å²) in [6, 6.07) is 0. The number of carboxylic acids is 1. The average molecular weight is 473 g/mol. The van der Waals surface area contributed by atoms with E-state index in [4.69, 9.17) is 4.74 Å². The Morgan fingerprint density at radius 2 is 1.18 bits per heavy atom. The third-order valence-corrected chi connectivity index (χ3v) is 6.77. The van der Waals surface area contributed by atoms with E-state index >= 15 is 0 Å². The van der Waals surface area contributed by atoms with Crippen LogP contribution >= 0.6 is 0 Å². The van der Waals surface area contributed by atoms with E-state index in [1.54, 1.807) is 0 Å². The van der Waals surface area contributed by atoms with Crippen molar-refractivity contribution in [3.8, 4) is 0 Å². The van der Waals surface area contributed by atoms with E-state index in [0.29, 0.717) is 19.4 Å². The van der Waals surface area contributed by atoms with Crippen LogP contribution in [-0.4, -0.2) is 18.5 Å². The molecule has 0 amide bonds. The number of carbonyl (C=O) groups excluding carboxylic acids is 2. The molecular formula is C28H49NaO4. The molecular weight excluding hydrogens is 423 g/mol. The minimum Gasteiger partial charge on any atom is -0.550 e. The minimum atomic E-state index is -1.10.